The van der Waals surface area contributed by atoms with Crippen LogP contribution in [0.2, 0.25) is 0 Å². The van der Waals surface area contributed by atoms with Gasteiger partial charge in [-0.25, -0.2) is 0 Å². The van der Waals surface area contributed by atoms with Crippen LogP contribution in [-0.2, 0) is 25.5 Å². The molecule has 0 amide bonds. The maximum Gasteiger partial charge on any atom is 0.128 e. The van der Waals surface area contributed by atoms with E-state index in [1.165, 1.54) is 69.8 Å². The zero-order valence-corrected chi connectivity index (χ0v) is 26.3. The fourth-order valence-electron chi connectivity index (χ4n) is 6.89. The molecule has 5 heteroatoms. The number of aromatic nitrogens is 1. The van der Waals surface area contributed by atoms with Gasteiger partial charge in [0.15, 0.2) is 0 Å². The molecule has 4 nitrogen and oxygen atoms in total. The molecule has 0 bridgehead atoms. The number of aliphatic hydroxyl groups excluding tert-OH is 2. The van der Waals surface area contributed by atoms with Crippen molar-refractivity contribution in [3.8, 4) is 22.8 Å². The van der Waals surface area contributed by atoms with Crippen molar-refractivity contribution in [2.75, 3.05) is 0 Å². The Bertz CT molecular complexity index is 1180. The van der Waals surface area contributed by atoms with Gasteiger partial charge in [0, 0.05) is 26.3 Å². The molecule has 217 valence electrons. The first-order valence-corrected chi connectivity index (χ1v) is 15.0. The predicted octanol–water partition coefficient (Wildman–Crippen LogP) is 8.24. The summed E-state index contributed by atoms with van der Waals surface area (Å²) in [7, 11) is 0. The van der Waals surface area contributed by atoms with Gasteiger partial charge < -0.3 is 19.9 Å². The molecule has 2 fully saturated rings. The molecule has 0 spiro atoms. The Balaban J connectivity index is 0.000000187. The largest absolute Gasteiger partial charge is 0.476 e. The normalized spacial score (nSPS) is 19.9. The monoisotopic (exact) mass is 719 g/mol. The molecule has 40 heavy (non-hydrogen) atoms. The zero-order chi connectivity index (χ0) is 27.2. The van der Waals surface area contributed by atoms with Crippen molar-refractivity contribution in [1.29, 1.82) is 0 Å². The molecule has 0 saturated heterocycles. The number of benzene rings is 2. The smallest absolute Gasteiger partial charge is 0.128 e. The number of hydrogen-bond donors (Lipinski definition) is 2. The number of para-hydroxylation sites is 1. The van der Waals surface area contributed by atoms with Gasteiger partial charge in [0.25, 0.3) is 0 Å². The summed E-state index contributed by atoms with van der Waals surface area (Å²) in [4.78, 5) is 4.49. The molecule has 1 aromatic heterocycles. The average molecular weight is 719 g/mol. The molecule has 2 aromatic carbocycles. The van der Waals surface area contributed by atoms with Crippen LogP contribution in [0.1, 0.15) is 95.6 Å². The number of aliphatic hydroxyl groups is 2. The van der Waals surface area contributed by atoms with Gasteiger partial charge in [0.2, 0.25) is 0 Å². The van der Waals surface area contributed by atoms with Crippen molar-refractivity contribution in [3.63, 3.8) is 0 Å². The summed E-state index contributed by atoms with van der Waals surface area (Å²) >= 11 is 0. The van der Waals surface area contributed by atoms with Crippen LogP contribution in [0.15, 0.2) is 60.8 Å². The average Bonchev–Trinajstić information content (AvgIpc) is 2.98. The van der Waals surface area contributed by atoms with E-state index in [1.54, 1.807) is 0 Å². The minimum absolute atomic E-state index is 0. The number of ether oxygens (including phenoxy) is 1. The van der Waals surface area contributed by atoms with Gasteiger partial charge in [0.1, 0.15) is 5.75 Å². The number of hydrogen-bond acceptors (Lipinski definition) is 4. The van der Waals surface area contributed by atoms with Crippen molar-refractivity contribution < 1.29 is 35.1 Å². The Morgan fingerprint density at radius 2 is 1.43 bits per heavy atom. The first kappa shape index (κ1) is 30.9. The molecule has 2 N–H and O–H groups in total. The number of pyridine rings is 1. The van der Waals surface area contributed by atoms with E-state index in [9.17, 15) is 10.2 Å². The van der Waals surface area contributed by atoms with E-state index in [0.29, 0.717) is 18.3 Å². The molecule has 1 aliphatic heterocycles. The fraction of sp³-hybridized carbons (Fsp3) is 0.514. The summed E-state index contributed by atoms with van der Waals surface area (Å²) < 4.78 is 6.13. The van der Waals surface area contributed by atoms with Crippen molar-refractivity contribution in [2.24, 2.45) is 11.8 Å². The minimum Gasteiger partial charge on any atom is -0.476 e. The van der Waals surface area contributed by atoms with Crippen molar-refractivity contribution in [2.45, 2.75) is 102 Å². The standard InChI is InChI=1S/C20H16NO.C15H28O2.Ir/c1-20(2)15-9-3-4-11-17(15)22-18-12-7-8-14(19(18)20)16-10-5-6-13-21-16;16-14(12-7-3-1-4-8-12)11-15(17)13-9-5-2-6-10-13;/h3-7,9-13H,1-2H3;12-17H,1-11H2;/q-1;;. The Kier molecular flexibility index (Phi) is 11.0. The third-order valence-corrected chi connectivity index (χ3v) is 9.16. The van der Waals surface area contributed by atoms with Gasteiger partial charge in [0.05, 0.1) is 18.0 Å². The first-order chi connectivity index (χ1) is 18.9. The van der Waals surface area contributed by atoms with Crippen LogP contribution in [0.5, 0.6) is 11.5 Å². The second-order valence-electron chi connectivity index (χ2n) is 12.2. The third-order valence-electron chi connectivity index (χ3n) is 9.16. The summed E-state index contributed by atoms with van der Waals surface area (Å²) in [6.45, 7) is 4.46. The van der Waals surface area contributed by atoms with Gasteiger partial charge in [-0.05, 0) is 72.7 Å². The van der Waals surface area contributed by atoms with Crippen LogP contribution < -0.4 is 4.74 Å². The topological polar surface area (TPSA) is 62.6 Å². The zero-order valence-electron chi connectivity index (χ0n) is 23.9. The van der Waals surface area contributed by atoms with Crippen LogP contribution >= 0.6 is 0 Å². The summed E-state index contributed by atoms with van der Waals surface area (Å²) in [6, 6.07) is 21.4. The third kappa shape index (κ3) is 7.05. The Labute approximate surface area is 254 Å². The second kappa shape index (κ2) is 14.2. The summed E-state index contributed by atoms with van der Waals surface area (Å²) in [5.74, 6) is 2.74. The minimum atomic E-state index is -0.257. The van der Waals surface area contributed by atoms with Gasteiger partial charge in [-0.15, -0.1) is 23.8 Å². The summed E-state index contributed by atoms with van der Waals surface area (Å²) in [6.07, 6.45) is 14.3. The number of fused-ring (bicyclic) bond motifs is 2. The Morgan fingerprint density at radius 3 is 2.02 bits per heavy atom. The van der Waals surface area contributed by atoms with Gasteiger partial charge in [-0.2, -0.15) is 0 Å². The second-order valence-corrected chi connectivity index (χ2v) is 12.2. The van der Waals surface area contributed by atoms with Crippen LogP contribution in [0.3, 0.4) is 0 Å². The van der Waals surface area contributed by atoms with Crippen LogP contribution in [-0.4, -0.2) is 27.4 Å². The quantitative estimate of drug-likeness (QED) is 0.261. The fourth-order valence-corrected chi connectivity index (χ4v) is 6.89. The van der Waals surface area contributed by atoms with Crippen LogP contribution in [0.4, 0.5) is 0 Å². The van der Waals surface area contributed by atoms with Gasteiger partial charge in [-0.1, -0.05) is 88.3 Å². The van der Waals surface area contributed by atoms with E-state index < -0.39 is 0 Å². The van der Waals surface area contributed by atoms with E-state index in [-0.39, 0.29) is 37.7 Å². The summed E-state index contributed by atoms with van der Waals surface area (Å²) in [5.41, 5.74) is 4.12. The number of rotatable bonds is 5. The molecular formula is C35H44IrNO3-. The summed E-state index contributed by atoms with van der Waals surface area (Å²) in [5, 5.41) is 20.4. The van der Waals surface area contributed by atoms with Gasteiger partial charge >= 0.3 is 0 Å². The predicted molar refractivity (Wildman–Crippen MR) is 157 cm³/mol. The molecule has 3 aliphatic rings. The SMILES string of the molecule is CC1(C)c2ccccc2Oc2cc[c-]c(-c3ccccn3)c21.OC(CC(O)C1CCCCC1)C1CCCCC1.[Ir]. The van der Waals surface area contributed by atoms with Crippen molar-refractivity contribution >= 4 is 0 Å². The van der Waals surface area contributed by atoms with Gasteiger partial charge in [-0.3, -0.25) is 0 Å². The maximum atomic E-state index is 10.2. The molecule has 2 aliphatic carbocycles. The molecule has 2 atom stereocenters. The molecule has 1 radical (unpaired) electrons. The van der Waals surface area contributed by atoms with E-state index in [0.717, 1.165) is 28.3 Å². The molecule has 6 rings (SSSR count). The Hall–Kier alpha value is -2.04. The molecule has 2 saturated carbocycles. The maximum absolute atomic E-state index is 10.2. The van der Waals surface area contributed by atoms with E-state index >= 15 is 0 Å². The molecular weight excluding hydrogens is 675 g/mol. The van der Waals surface area contributed by atoms with E-state index in [4.69, 9.17) is 4.74 Å². The van der Waals surface area contributed by atoms with Crippen molar-refractivity contribution in [3.05, 3.63) is 78.0 Å². The van der Waals surface area contributed by atoms with Crippen LogP contribution in [0.25, 0.3) is 11.3 Å². The van der Waals surface area contributed by atoms with E-state index in [2.05, 4.69) is 37.0 Å². The molecule has 2 heterocycles. The number of nitrogens with zero attached hydrogens (tertiary/aromatic N) is 1. The molecule has 2 unspecified atom stereocenters. The first-order valence-electron chi connectivity index (χ1n) is 15.0. The Morgan fingerprint density at radius 1 is 0.825 bits per heavy atom. The van der Waals surface area contributed by atoms with Crippen LogP contribution in [0, 0.1) is 17.9 Å². The molecule has 3 aromatic rings. The van der Waals surface area contributed by atoms with E-state index in [1.807, 2.05) is 48.7 Å². The van der Waals surface area contributed by atoms with Crippen molar-refractivity contribution in [1.82, 2.24) is 4.98 Å².